The Bertz CT molecular complexity index is 369. The minimum Gasteiger partial charge on any atom is -0.398 e. The highest BCUT2D eigenvalue weighted by atomic mass is 15.1. The van der Waals surface area contributed by atoms with E-state index in [9.17, 15) is 0 Å². The highest BCUT2D eigenvalue weighted by Gasteiger charge is 2.25. The maximum absolute atomic E-state index is 5.98. The van der Waals surface area contributed by atoms with Crippen molar-refractivity contribution in [3.8, 4) is 0 Å². The smallest absolute Gasteiger partial charge is 0.0363 e. The summed E-state index contributed by atoms with van der Waals surface area (Å²) in [6.07, 6.45) is 4.31. The molecule has 2 N–H and O–H groups in total. The molecule has 1 aromatic carbocycles. The molecule has 1 aliphatic heterocycles. The van der Waals surface area contributed by atoms with Gasteiger partial charge >= 0.3 is 0 Å². The Morgan fingerprint density at radius 2 is 2.13 bits per heavy atom. The van der Waals surface area contributed by atoms with Crippen LogP contribution in [0.1, 0.15) is 30.4 Å². The van der Waals surface area contributed by atoms with Gasteiger partial charge in [0, 0.05) is 18.8 Å². The van der Waals surface area contributed by atoms with Gasteiger partial charge in [0.1, 0.15) is 0 Å². The lowest BCUT2D eigenvalue weighted by atomic mass is 10.1. The van der Waals surface area contributed by atoms with Gasteiger partial charge in [-0.2, -0.15) is 0 Å². The largest absolute Gasteiger partial charge is 0.398 e. The van der Waals surface area contributed by atoms with Gasteiger partial charge in [0.25, 0.3) is 0 Å². The number of nitrogens with zero attached hydrogens (tertiary/aromatic N) is 1. The van der Waals surface area contributed by atoms with Crippen molar-refractivity contribution in [1.29, 1.82) is 0 Å². The van der Waals surface area contributed by atoms with E-state index in [-0.39, 0.29) is 0 Å². The van der Waals surface area contributed by atoms with Crippen LogP contribution in [0.25, 0.3) is 0 Å². The van der Waals surface area contributed by atoms with Gasteiger partial charge in [-0.15, -0.1) is 0 Å². The Morgan fingerprint density at radius 1 is 1.27 bits per heavy atom. The van der Waals surface area contributed by atoms with Crippen LogP contribution in [0.3, 0.4) is 0 Å². The average molecular weight is 202 g/mol. The fourth-order valence-electron chi connectivity index (χ4n) is 2.45. The Labute approximate surface area is 91.1 Å². The number of nitrogens with two attached hydrogens (primary N) is 1. The Hall–Kier alpha value is -1.02. The minimum atomic E-state index is 0.974. The van der Waals surface area contributed by atoms with Gasteiger partial charge in [0.2, 0.25) is 0 Å². The molecule has 0 atom stereocenters. The standard InChI is InChI=1S/C13H18N2/c14-13-3-1-2-11-8-15(9-12(11)13)7-6-10-4-5-10/h1-3,10H,4-9,14H2. The number of benzene rings is 1. The molecule has 1 saturated carbocycles. The molecule has 0 spiro atoms. The van der Waals surface area contributed by atoms with E-state index in [2.05, 4.69) is 17.0 Å². The number of hydrogen-bond donors (Lipinski definition) is 1. The maximum atomic E-state index is 5.98. The van der Waals surface area contributed by atoms with Crippen LogP contribution in [0.2, 0.25) is 0 Å². The normalized spacial score (nSPS) is 20.5. The van der Waals surface area contributed by atoms with Gasteiger partial charge in [0.15, 0.2) is 0 Å². The Morgan fingerprint density at radius 3 is 2.87 bits per heavy atom. The lowest BCUT2D eigenvalue weighted by molar-refractivity contribution is 0.275. The molecule has 1 fully saturated rings. The van der Waals surface area contributed by atoms with E-state index in [0.717, 1.165) is 24.7 Å². The molecule has 80 valence electrons. The number of nitrogen functional groups attached to an aromatic ring is 1. The van der Waals surface area contributed by atoms with Crippen molar-refractivity contribution >= 4 is 5.69 Å². The topological polar surface area (TPSA) is 29.3 Å². The van der Waals surface area contributed by atoms with Crippen LogP contribution in [0, 0.1) is 5.92 Å². The second kappa shape index (κ2) is 3.53. The molecule has 0 amide bonds. The van der Waals surface area contributed by atoms with Gasteiger partial charge in [-0.05, 0) is 36.1 Å². The second-order valence-electron chi connectivity index (χ2n) is 4.93. The van der Waals surface area contributed by atoms with Crippen molar-refractivity contribution in [3.05, 3.63) is 29.3 Å². The van der Waals surface area contributed by atoms with Crippen LogP contribution in [0.15, 0.2) is 18.2 Å². The van der Waals surface area contributed by atoms with E-state index < -0.39 is 0 Å². The van der Waals surface area contributed by atoms with E-state index in [1.165, 1.54) is 36.9 Å². The fraction of sp³-hybridized carbons (Fsp3) is 0.538. The Kier molecular flexibility index (Phi) is 2.17. The molecule has 0 bridgehead atoms. The zero-order valence-electron chi connectivity index (χ0n) is 9.08. The fourth-order valence-corrected chi connectivity index (χ4v) is 2.45. The van der Waals surface area contributed by atoms with Gasteiger partial charge in [0.05, 0.1) is 0 Å². The van der Waals surface area contributed by atoms with Crippen LogP contribution >= 0.6 is 0 Å². The van der Waals surface area contributed by atoms with Crippen molar-refractivity contribution in [1.82, 2.24) is 4.90 Å². The zero-order valence-corrected chi connectivity index (χ0v) is 9.08. The molecule has 2 nitrogen and oxygen atoms in total. The van der Waals surface area contributed by atoms with Crippen molar-refractivity contribution in [2.24, 2.45) is 5.92 Å². The molecule has 2 heteroatoms. The Balaban J connectivity index is 1.66. The predicted molar refractivity (Wildman–Crippen MR) is 62.3 cm³/mol. The van der Waals surface area contributed by atoms with Crippen molar-refractivity contribution < 1.29 is 0 Å². The maximum Gasteiger partial charge on any atom is 0.0363 e. The molecule has 0 unspecified atom stereocenters. The third-order valence-electron chi connectivity index (χ3n) is 3.64. The molecule has 3 rings (SSSR count). The molecular weight excluding hydrogens is 184 g/mol. The summed E-state index contributed by atoms with van der Waals surface area (Å²) in [5.74, 6) is 1.03. The average Bonchev–Trinajstić information content (AvgIpc) is 2.95. The lowest BCUT2D eigenvalue weighted by Gasteiger charge is -2.13. The molecule has 1 aliphatic carbocycles. The van der Waals surface area contributed by atoms with E-state index in [1.807, 2.05) is 6.07 Å². The third kappa shape index (κ3) is 1.86. The number of fused-ring (bicyclic) bond motifs is 1. The molecule has 1 heterocycles. The van der Waals surface area contributed by atoms with Gasteiger partial charge in [-0.3, -0.25) is 4.90 Å². The van der Waals surface area contributed by atoms with E-state index in [4.69, 9.17) is 5.73 Å². The third-order valence-corrected chi connectivity index (χ3v) is 3.64. The first-order valence-electron chi connectivity index (χ1n) is 5.91. The summed E-state index contributed by atoms with van der Waals surface area (Å²) < 4.78 is 0. The second-order valence-corrected chi connectivity index (χ2v) is 4.93. The van der Waals surface area contributed by atoms with Crippen LogP contribution in [-0.2, 0) is 13.1 Å². The molecule has 15 heavy (non-hydrogen) atoms. The summed E-state index contributed by atoms with van der Waals surface area (Å²) in [5, 5.41) is 0. The van der Waals surface area contributed by atoms with Gasteiger partial charge in [-0.25, -0.2) is 0 Å². The molecular formula is C13H18N2. The molecule has 0 saturated heterocycles. The summed E-state index contributed by atoms with van der Waals surface area (Å²) in [7, 11) is 0. The highest BCUT2D eigenvalue weighted by Crippen LogP contribution is 2.34. The van der Waals surface area contributed by atoms with E-state index in [1.54, 1.807) is 0 Å². The summed E-state index contributed by atoms with van der Waals surface area (Å²) >= 11 is 0. The zero-order chi connectivity index (χ0) is 10.3. The van der Waals surface area contributed by atoms with E-state index in [0.29, 0.717) is 0 Å². The van der Waals surface area contributed by atoms with Crippen LogP contribution in [-0.4, -0.2) is 11.4 Å². The number of hydrogen-bond acceptors (Lipinski definition) is 2. The molecule has 0 aromatic heterocycles. The van der Waals surface area contributed by atoms with Gasteiger partial charge in [-0.1, -0.05) is 25.0 Å². The predicted octanol–water partition coefficient (Wildman–Crippen LogP) is 2.38. The number of rotatable bonds is 3. The van der Waals surface area contributed by atoms with Crippen molar-refractivity contribution in [3.63, 3.8) is 0 Å². The van der Waals surface area contributed by atoms with E-state index >= 15 is 0 Å². The summed E-state index contributed by atoms with van der Waals surface area (Å²) in [6, 6.07) is 6.30. The summed E-state index contributed by atoms with van der Waals surface area (Å²) in [5.41, 5.74) is 9.75. The monoisotopic (exact) mass is 202 g/mol. The highest BCUT2D eigenvalue weighted by molar-refractivity contribution is 5.52. The SMILES string of the molecule is Nc1cccc2c1CN(CCC1CC1)C2. The number of anilines is 1. The van der Waals surface area contributed by atoms with Crippen molar-refractivity contribution in [2.45, 2.75) is 32.4 Å². The first-order chi connectivity index (χ1) is 7.33. The molecule has 0 radical (unpaired) electrons. The lowest BCUT2D eigenvalue weighted by Crippen LogP contribution is -2.18. The first kappa shape index (κ1) is 9.22. The van der Waals surface area contributed by atoms with Gasteiger partial charge < -0.3 is 5.73 Å². The quantitative estimate of drug-likeness (QED) is 0.762. The van der Waals surface area contributed by atoms with Crippen LogP contribution in [0.5, 0.6) is 0 Å². The van der Waals surface area contributed by atoms with Crippen molar-refractivity contribution in [2.75, 3.05) is 12.3 Å². The van der Waals surface area contributed by atoms with Crippen LogP contribution in [0.4, 0.5) is 5.69 Å². The molecule has 1 aromatic rings. The first-order valence-corrected chi connectivity index (χ1v) is 5.91. The van der Waals surface area contributed by atoms with Crippen LogP contribution < -0.4 is 5.73 Å². The summed E-state index contributed by atoms with van der Waals surface area (Å²) in [4.78, 5) is 2.53. The molecule has 2 aliphatic rings. The minimum absolute atomic E-state index is 0.974. The summed E-state index contributed by atoms with van der Waals surface area (Å²) in [6.45, 7) is 3.42.